The first-order chi connectivity index (χ1) is 12.4. The number of aromatic nitrogens is 1. The summed E-state index contributed by atoms with van der Waals surface area (Å²) < 4.78 is 44.0. The van der Waals surface area contributed by atoms with Crippen LogP contribution in [0, 0.1) is 0 Å². The number of halogens is 3. The molecular weight excluding hydrogens is 367 g/mol. The van der Waals surface area contributed by atoms with E-state index >= 15 is 0 Å². The number of alkyl halides is 3. The average molecular weight is 385 g/mol. The van der Waals surface area contributed by atoms with E-state index in [-0.39, 0.29) is 12.1 Å². The second-order valence-electron chi connectivity index (χ2n) is 5.92. The van der Waals surface area contributed by atoms with Crippen LogP contribution < -0.4 is 4.90 Å². The maximum absolute atomic E-state index is 13.1. The maximum atomic E-state index is 13.1. The smallest absolute Gasteiger partial charge is 0.416 e. The van der Waals surface area contributed by atoms with E-state index in [1.54, 1.807) is 6.07 Å². The Labute approximate surface area is 153 Å². The Hall–Kier alpha value is -2.13. The minimum Gasteiger partial charge on any atom is -0.465 e. The number of methoxy groups -OCH3 is 1. The number of hydrogen-bond acceptors (Lipinski definition) is 6. The van der Waals surface area contributed by atoms with E-state index in [1.165, 1.54) is 36.8 Å². The Morgan fingerprint density at radius 3 is 2.58 bits per heavy atom. The maximum Gasteiger partial charge on any atom is 0.416 e. The van der Waals surface area contributed by atoms with E-state index in [1.807, 2.05) is 9.80 Å². The fourth-order valence-corrected chi connectivity index (χ4v) is 3.76. The largest absolute Gasteiger partial charge is 0.465 e. The van der Waals surface area contributed by atoms with Crippen molar-refractivity contribution in [3.05, 3.63) is 46.5 Å². The number of anilines is 1. The van der Waals surface area contributed by atoms with Gasteiger partial charge in [0.15, 0.2) is 5.13 Å². The zero-order valence-electron chi connectivity index (χ0n) is 14.1. The van der Waals surface area contributed by atoms with Gasteiger partial charge < -0.3 is 9.64 Å². The summed E-state index contributed by atoms with van der Waals surface area (Å²) in [6.07, 6.45) is -2.86. The standard InChI is InChI=1S/C17H18F3N3O2S/c1-25-15(24)14-10-21-16(26-14)23-8-6-22(7-9-23)11-12-4-2-3-5-13(12)17(18,19)20/h2-5,10H,6-9,11H2,1H3. The molecule has 1 saturated heterocycles. The second kappa shape index (κ2) is 7.63. The molecule has 0 amide bonds. The van der Waals surface area contributed by atoms with Crippen LogP contribution in [-0.2, 0) is 17.5 Å². The highest BCUT2D eigenvalue weighted by Crippen LogP contribution is 2.32. The Morgan fingerprint density at radius 2 is 1.92 bits per heavy atom. The van der Waals surface area contributed by atoms with Crippen LogP contribution in [0.3, 0.4) is 0 Å². The van der Waals surface area contributed by atoms with Gasteiger partial charge >= 0.3 is 12.1 Å². The van der Waals surface area contributed by atoms with Gasteiger partial charge in [-0.1, -0.05) is 29.5 Å². The van der Waals surface area contributed by atoms with Crippen LogP contribution in [0.5, 0.6) is 0 Å². The summed E-state index contributed by atoms with van der Waals surface area (Å²) in [5, 5.41) is 0.723. The van der Waals surface area contributed by atoms with E-state index in [0.29, 0.717) is 31.1 Å². The van der Waals surface area contributed by atoms with Crippen LogP contribution in [-0.4, -0.2) is 49.1 Å². The van der Waals surface area contributed by atoms with Gasteiger partial charge in [-0.25, -0.2) is 9.78 Å². The van der Waals surface area contributed by atoms with Gasteiger partial charge in [0.1, 0.15) is 4.88 Å². The summed E-state index contributed by atoms with van der Waals surface area (Å²) in [6, 6.07) is 5.69. The molecule has 2 heterocycles. The van der Waals surface area contributed by atoms with Gasteiger partial charge in [-0.2, -0.15) is 13.2 Å². The van der Waals surface area contributed by atoms with Crippen LogP contribution in [0.15, 0.2) is 30.5 Å². The molecule has 26 heavy (non-hydrogen) atoms. The van der Waals surface area contributed by atoms with Gasteiger partial charge in [0.25, 0.3) is 0 Å². The van der Waals surface area contributed by atoms with Gasteiger partial charge in [0.2, 0.25) is 0 Å². The molecule has 1 aromatic carbocycles. The van der Waals surface area contributed by atoms with E-state index in [9.17, 15) is 18.0 Å². The highest BCUT2D eigenvalue weighted by atomic mass is 32.1. The van der Waals surface area contributed by atoms with Crippen molar-refractivity contribution in [3.8, 4) is 0 Å². The third-order valence-corrected chi connectivity index (χ3v) is 5.28. The highest BCUT2D eigenvalue weighted by molar-refractivity contribution is 7.17. The molecule has 0 atom stereocenters. The van der Waals surface area contributed by atoms with Crippen molar-refractivity contribution in [3.63, 3.8) is 0 Å². The Morgan fingerprint density at radius 1 is 1.23 bits per heavy atom. The van der Waals surface area contributed by atoms with E-state index in [2.05, 4.69) is 9.72 Å². The molecule has 140 valence electrons. The first kappa shape index (κ1) is 18.7. The fraction of sp³-hybridized carbons (Fsp3) is 0.412. The van der Waals surface area contributed by atoms with Crippen LogP contribution >= 0.6 is 11.3 Å². The molecule has 2 aromatic rings. The zero-order valence-corrected chi connectivity index (χ0v) is 14.9. The number of piperazine rings is 1. The van der Waals surface area contributed by atoms with E-state index in [0.717, 1.165) is 11.2 Å². The van der Waals surface area contributed by atoms with Gasteiger partial charge in [0, 0.05) is 32.7 Å². The number of carbonyl (C=O) groups is 1. The summed E-state index contributed by atoms with van der Waals surface area (Å²) in [5.74, 6) is -0.420. The zero-order chi connectivity index (χ0) is 18.7. The molecule has 0 N–H and O–H groups in total. The van der Waals surface area contributed by atoms with Crippen molar-refractivity contribution >= 4 is 22.4 Å². The highest BCUT2D eigenvalue weighted by Gasteiger charge is 2.33. The fourth-order valence-electron chi connectivity index (χ4n) is 2.88. The number of hydrogen-bond donors (Lipinski definition) is 0. The summed E-state index contributed by atoms with van der Waals surface area (Å²) in [5.41, 5.74) is -0.291. The van der Waals surface area contributed by atoms with Gasteiger partial charge in [-0.15, -0.1) is 0 Å². The normalized spacial score (nSPS) is 15.9. The Balaban J connectivity index is 1.61. The molecule has 1 aromatic heterocycles. The molecule has 0 unspecified atom stereocenters. The van der Waals surface area contributed by atoms with Gasteiger partial charge in [0.05, 0.1) is 18.9 Å². The number of esters is 1. The molecule has 9 heteroatoms. The first-order valence-corrected chi connectivity index (χ1v) is 8.86. The summed E-state index contributed by atoms with van der Waals surface area (Å²) in [6.45, 7) is 2.79. The molecule has 1 aliphatic rings. The molecule has 3 rings (SSSR count). The number of benzene rings is 1. The number of rotatable bonds is 4. The number of thiazole rings is 1. The van der Waals surface area contributed by atoms with E-state index in [4.69, 9.17) is 0 Å². The average Bonchev–Trinajstić information content (AvgIpc) is 3.11. The molecule has 5 nitrogen and oxygen atoms in total. The van der Waals surface area contributed by atoms with Crippen LogP contribution in [0.25, 0.3) is 0 Å². The lowest BCUT2D eigenvalue weighted by Crippen LogP contribution is -2.46. The van der Waals surface area contributed by atoms with Gasteiger partial charge in [-0.05, 0) is 11.6 Å². The van der Waals surface area contributed by atoms with Crippen LogP contribution in [0.2, 0.25) is 0 Å². The summed E-state index contributed by atoms with van der Waals surface area (Å²) in [4.78, 5) is 20.2. The predicted octanol–water partition coefficient (Wildman–Crippen LogP) is 3.27. The minimum absolute atomic E-state index is 0.259. The van der Waals surface area contributed by atoms with Crippen molar-refractivity contribution in [2.75, 3.05) is 38.2 Å². The third-order valence-electron chi connectivity index (χ3n) is 4.24. The van der Waals surface area contributed by atoms with Crippen molar-refractivity contribution in [1.29, 1.82) is 0 Å². The SMILES string of the molecule is COC(=O)c1cnc(N2CCN(Cc3ccccc3C(F)(F)F)CC2)s1. The van der Waals surface area contributed by atoms with Crippen LogP contribution in [0.1, 0.15) is 20.8 Å². The molecule has 1 aliphatic heterocycles. The molecule has 0 aliphatic carbocycles. The quantitative estimate of drug-likeness (QED) is 0.756. The third kappa shape index (κ3) is 4.16. The number of carbonyl (C=O) groups excluding carboxylic acids is 1. The molecule has 0 spiro atoms. The van der Waals surface area contributed by atoms with Crippen LogP contribution in [0.4, 0.5) is 18.3 Å². The summed E-state index contributed by atoms with van der Waals surface area (Å²) in [7, 11) is 1.32. The lowest BCUT2D eigenvalue weighted by molar-refractivity contribution is -0.138. The Bertz CT molecular complexity index is 771. The van der Waals surface area contributed by atoms with Crippen molar-refractivity contribution in [2.24, 2.45) is 0 Å². The van der Waals surface area contributed by atoms with E-state index < -0.39 is 17.7 Å². The van der Waals surface area contributed by atoms with Crippen molar-refractivity contribution in [2.45, 2.75) is 12.7 Å². The lowest BCUT2D eigenvalue weighted by atomic mass is 10.1. The van der Waals surface area contributed by atoms with Crippen molar-refractivity contribution in [1.82, 2.24) is 9.88 Å². The minimum atomic E-state index is -4.34. The summed E-state index contributed by atoms with van der Waals surface area (Å²) >= 11 is 1.26. The van der Waals surface area contributed by atoms with Crippen molar-refractivity contribution < 1.29 is 22.7 Å². The predicted molar refractivity (Wildman–Crippen MR) is 92.4 cm³/mol. The molecule has 1 fully saturated rings. The molecular formula is C17H18F3N3O2S. The monoisotopic (exact) mass is 385 g/mol. The number of ether oxygens (including phenoxy) is 1. The second-order valence-corrected chi connectivity index (χ2v) is 6.93. The molecule has 0 radical (unpaired) electrons. The number of nitrogens with zero attached hydrogens (tertiary/aromatic N) is 3. The Kier molecular flexibility index (Phi) is 5.47. The van der Waals surface area contributed by atoms with Gasteiger partial charge in [-0.3, -0.25) is 4.90 Å². The first-order valence-electron chi connectivity index (χ1n) is 8.05. The molecule has 0 saturated carbocycles. The topological polar surface area (TPSA) is 45.7 Å². The lowest BCUT2D eigenvalue weighted by Gasteiger charge is -2.34. The molecule has 0 bridgehead atoms.